The lowest BCUT2D eigenvalue weighted by Gasteiger charge is -2.39. The second-order valence-corrected chi connectivity index (χ2v) is 14.7. The molecule has 14 heteroatoms. The number of ether oxygens (including phenoxy) is 1. The van der Waals surface area contributed by atoms with Crippen LogP contribution in [0.1, 0.15) is 20.3 Å². The first kappa shape index (κ1) is 37.5. The van der Waals surface area contributed by atoms with Gasteiger partial charge in [0, 0.05) is 83.2 Å². The normalized spacial score (nSPS) is 18.6. The number of amides is 1. The second-order valence-electron chi connectivity index (χ2n) is 12.7. The summed E-state index contributed by atoms with van der Waals surface area (Å²) in [7, 11) is -3.77. The number of hydrogen-bond donors (Lipinski definition) is 1. The third kappa shape index (κ3) is 11.1. The van der Waals surface area contributed by atoms with E-state index >= 15 is 0 Å². The van der Waals surface area contributed by atoms with Crippen molar-refractivity contribution in [1.82, 2.24) is 19.6 Å². The van der Waals surface area contributed by atoms with Gasteiger partial charge in [0.15, 0.2) is 0 Å². The Morgan fingerprint density at radius 2 is 1.40 bits per heavy atom. The zero-order valence-corrected chi connectivity index (χ0v) is 28.6. The number of piperazine rings is 2. The Morgan fingerprint density at radius 3 is 1.92 bits per heavy atom. The molecule has 0 saturated carbocycles. The van der Waals surface area contributed by atoms with Crippen molar-refractivity contribution in [3.63, 3.8) is 0 Å². The number of carbonyl (C=O) groups excluding carboxylic acids is 1. The average Bonchev–Trinajstić information content (AvgIpc) is 3.10. The van der Waals surface area contributed by atoms with Crippen LogP contribution in [0.2, 0.25) is 0 Å². The highest BCUT2D eigenvalue weighted by Crippen LogP contribution is 2.30. The predicted octanol–water partition coefficient (Wildman–Crippen LogP) is 2.50. The summed E-state index contributed by atoms with van der Waals surface area (Å²) in [5.74, 6) is 5.31. The fraction of sp³-hybridized carbons (Fsp3) is 0.559. The number of hydrogen-bond acceptors (Lipinski definition) is 8. The summed E-state index contributed by atoms with van der Waals surface area (Å²) in [5, 5.41) is 15.0. The first-order valence-corrected chi connectivity index (χ1v) is 17.9. The summed E-state index contributed by atoms with van der Waals surface area (Å²) in [6.45, 7) is 12.3. The first-order chi connectivity index (χ1) is 23.0. The average molecular weight is 690 g/mol. The van der Waals surface area contributed by atoms with E-state index in [1.165, 1.54) is 28.6 Å². The number of rotatable bonds is 10. The summed E-state index contributed by atoms with van der Waals surface area (Å²) in [6.07, 6.45) is 0.566. The van der Waals surface area contributed by atoms with E-state index in [1.54, 1.807) is 26.0 Å². The molecule has 1 N–H and O–H groups in total. The van der Waals surface area contributed by atoms with Gasteiger partial charge in [-0.3, -0.25) is 14.9 Å². The number of carbonyl (C=O) groups is 1. The van der Waals surface area contributed by atoms with Gasteiger partial charge in [-0.1, -0.05) is 19.8 Å². The standard InChI is InChI=1S/C24H35FN4O5S.C10H12FN2/c1-24(2,9-3-4-10-26-15-17-34-18-16-26)23(29(31)20-30)19-35(32,33)28-13-11-27(12-14-28)22-7-5-21(25)6-8-22;11-9-1-3-10(4-2-9)13-7-5-12-6-8-13/h5-8,20,23,31H,9-19H2,1-2H3;1-4H,5-8H2. The molecule has 3 aliphatic rings. The van der Waals surface area contributed by atoms with Crippen LogP contribution in [0, 0.1) is 28.9 Å². The maximum Gasteiger partial charge on any atom is 0.233 e. The minimum atomic E-state index is -3.77. The third-order valence-electron chi connectivity index (χ3n) is 8.84. The first-order valence-electron chi connectivity index (χ1n) is 16.3. The number of morpholine rings is 1. The molecule has 0 aliphatic carbocycles. The largest absolute Gasteiger partial charge is 0.379 e. The van der Waals surface area contributed by atoms with E-state index in [-0.39, 0.29) is 31.1 Å². The Balaban J connectivity index is 0.000000331. The number of anilines is 2. The predicted molar refractivity (Wildman–Crippen MR) is 181 cm³/mol. The number of sulfonamides is 1. The highest BCUT2D eigenvalue weighted by molar-refractivity contribution is 7.89. The van der Waals surface area contributed by atoms with Crippen molar-refractivity contribution in [2.45, 2.75) is 26.3 Å². The van der Waals surface area contributed by atoms with Gasteiger partial charge in [0.05, 0.1) is 31.6 Å². The summed E-state index contributed by atoms with van der Waals surface area (Å²) in [6, 6.07) is 11.8. The molecule has 0 aromatic heterocycles. The summed E-state index contributed by atoms with van der Waals surface area (Å²) < 4.78 is 59.0. The minimum Gasteiger partial charge on any atom is -0.379 e. The lowest BCUT2D eigenvalue weighted by molar-refractivity contribution is -0.168. The molecule has 3 fully saturated rings. The molecule has 48 heavy (non-hydrogen) atoms. The van der Waals surface area contributed by atoms with Crippen molar-refractivity contribution < 1.29 is 31.9 Å². The number of hydroxylamine groups is 2. The Morgan fingerprint density at radius 1 is 0.875 bits per heavy atom. The Kier molecular flexibility index (Phi) is 14.0. The maximum absolute atomic E-state index is 13.2. The van der Waals surface area contributed by atoms with E-state index in [9.17, 15) is 27.2 Å². The van der Waals surface area contributed by atoms with Crippen molar-refractivity contribution in [3.8, 4) is 11.8 Å². The van der Waals surface area contributed by atoms with Crippen LogP contribution in [-0.4, -0.2) is 131 Å². The van der Waals surface area contributed by atoms with E-state index in [4.69, 9.17) is 4.74 Å². The van der Waals surface area contributed by atoms with Gasteiger partial charge in [0.1, 0.15) is 11.6 Å². The molecule has 3 heterocycles. The maximum atomic E-state index is 13.2. The molecule has 0 bridgehead atoms. The van der Waals surface area contributed by atoms with Crippen molar-refractivity contribution in [3.05, 3.63) is 60.2 Å². The van der Waals surface area contributed by atoms with E-state index in [0.29, 0.717) is 44.3 Å². The number of benzene rings is 2. The molecule has 1 amide bonds. The second kappa shape index (κ2) is 17.9. The Hall–Kier alpha value is -3.32. The monoisotopic (exact) mass is 689 g/mol. The van der Waals surface area contributed by atoms with Gasteiger partial charge in [-0.15, -0.1) is 5.92 Å². The van der Waals surface area contributed by atoms with Crippen molar-refractivity contribution >= 4 is 27.8 Å². The molecule has 5 rings (SSSR count). The molecule has 1 atom stereocenters. The van der Waals surface area contributed by atoms with Gasteiger partial charge in [0.25, 0.3) is 0 Å². The van der Waals surface area contributed by atoms with Gasteiger partial charge in [-0.05, 0) is 53.9 Å². The van der Waals surface area contributed by atoms with Gasteiger partial charge >= 0.3 is 0 Å². The van der Waals surface area contributed by atoms with Gasteiger partial charge < -0.3 is 14.5 Å². The summed E-state index contributed by atoms with van der Waals surface area (Å²) >= 11 is 0. The van der Waals surface area contributed by atoms with Gasteiger partial charge in [-0.25, -0.2) is 27.6 Å². The van der Waals surface area contributed by atoms with E-state index < -0.39 is 27.2 Å². The van der Waals surface area contributed by atoms with E-state index in [1.807, 2.05) is 17.0 Å². The van der Waals surface area contributed by atoms with Crippen molar-refractivity contribution in [2.75, 3.05) is 101 Å². The molecule has 1 unspecified atom stereocenters. The van der Waals surface area contributed by atoms with E-state index in [2.05, 4.69) is 27.0 Å². The number of halogens is 2. The zero-order chi connectivity index (χ0) is 34.6. The summed E-state index contributed by atoms with van der Waals surface area (Å²) in [4.78, 5) is 17.8. The zero-order valence-electron chi connectivity index (χ0n) is 27.8. The van der Waals surface area contributed by atoms with Crippen molar-refractivity contribution in [1.29, 1.82) is 0 Å². The number of nitrogens with zero attached hydrogens (tertiary/aromatic N) is 6. The minimum absolute atomic E-state index is 0.176. The molecule has 263 valence electrons. The molecular weight excluding hydrogens is 642 g/mol. The third-order valence-corrected chi connectivity index (χ3v) is 10.7. The topological polar surface area (TPSA) is 111 Å². The fourth-order valence-electron chi connectivity index (χ4n) is 5.77. The van der Waals surface area contributed by atoms with Crippen LogP contribution in [0.3, 0.4) is 0 Å². The quantitative estimate of drug-likeness (QED) is 0.176. The van der Waals surface area contributed by atoms with Crippen LogP contribution in [0.5, 0.6) is 0 Å². The van der Waals surface area contributed by atoms with Crippen LogP contribution in [-0.2, 0) is 19.6 Å². The molecule has 2 aromatic carbocycles. The van der Waals surface area contributed by atoms with Crippen LogP contribution in [0.25, 0.3) is 0 Å². The van der Waals surface area contributed by atoms with Gasteiger partial charge in [-0.2, -0.15) is 4.31 Å². The lowest BCUT2D eigenvalue weighted by atomic mass is 9.82. The van der Waals surface area contributed by atoms with Crippen LogP contribution in [0.15, 0.2) is 48.5 Å². The van der Waals surface area contributed by atoms with E-state index in [0.717, 1.165) is 50.6 Å². The fourth-order valence-corrected chi connectivity index (χ4v) is 7.70. The molecule has 1 radical (unpaired) electrons. The summed E-state index contributed by atoms with van der Waals surface area (Å²) in [5.41, 5.74) is 1.16. The Labute approximate surface area is 283 Å². The van der Waals surface area contributed by atoms with Crippen LogP contribution in [0.4, 0.5) is 20.2 Å². The SMILES string of the molecule is CC(C)(CC#CCN1CCOCC1)C(CS(=O)(=O)N1CCN(c2ccc(F)cc2)CC1)N(O)C=O.Fc1ccc(N2CC[N]CC2)cc1. The molecule has 11 nitrogen and oxygen atoms in total. The Bertz CT molecular complexity index is 1450. The molecular formula is C34H47F2N6O5S. The molecule has 2 aromatic rings. The van der Waals surface area contributed by atoms with Gasteiger partial charge in [0.2, 0.25) is 16.4 Å². The van der Waals surface area contributed by atoms with Crippen molar-refractivity contribution in [2.24, 2.45) is 5.41 Å². The lowest BCUT2D eigenvalue weighted by Crippen LogP contribution is -2.54. The highest BCUT2D eigenvalue weighted by Gasteiger charge is 2.39. The highest BCUT2D eigenvalue weighted by atomic mass is 32.2. The van der Waals surface area contributed by atoms with Crippen LogP contribution >= 0.6 is 0 Å². The van der Waals surface area contributed by atoms with Crippen LogP contribution < -0.4 is 15.1 Å². The molecule has 0 spiro atoms. The smallest absolute Gasteiger partial charge is 0.233 e. The molecule has 3 aliphatic heterocycles. The molecule has 3 saturated heterocycles.